The molecule has 25 heavy (non-hydrogen) atoms. The van der Waals surface area contributed by atoms with Crippen molar-refractivity contribution in [1.82, 2.24) is 0 Å². The lowest BCUT2D eigenvalue weighted by molar-refractivity contribution is -0.205. The Morgan fingerprint density at radius 3 is 2.48 bits per heavy atom. The second-order valence-corrected chi connectivity index (χ2v) is 8.86. The van der Waals surface area contributed by atoms with Gasteiger partial charge in [0.2, 0.25) is 0 Å². The molecule has 1 aliphatic heterocycles. The Bertz CT molecular complexity index is 581. The van der Waals surface area contributed by atoms with Crippen molar-refractivity contribution in [2.45, 2.75) is 42.7 Å². The molecular formula is C11H20NO10S3-. The summed E-state index contributed by atoms with van der Waals surface area (Å²) in [6, 6.07) is 0. The predicted octanol–water partition coefficient (Wildman–Crippen LogP) is -2.53. The minimum atomic E-state index is -5.09. The average Bonchev–Trinajstić information content (AvgIpc) is 2.51. The summed E-state index contributed by atoms with van der Waals surface area (Å²) in [7, 11) is -6.20. The highest BCUT2D eigenvalue weighted by Gasteiger charge is 2.44. The molecule has 148 valence electrons. The molecule has 0 aromatic carbocycles. The summed E-state index contributed by atoms with van der Waals surface area (Å²) in [4.78, 5) is 0. The Balaban J connectivity index is 2.85. The van der Waals surface area contributed by atoms with Crippen LogP contribution in [0.4, 0.5) is 0 Å². The molecule has 0 spiro atoms. The van der Waals surface area contributed by atoms with E-state index >= 15 is 0 Å². The normalized spacial score (nSPS) is 32.4. The van der Waals surface area contributed by atoms with Crippen molar-refractivity contribution in [2.75, 3.05) is 18.6 Å². The molecule has 6 atom stereocenters. The van der Waals surface area contributed by atoms with E-state index in [1.807, 2.05) is 0 Å². The van der Waals surface area contributed by atoms with Crippen LogP contribution < -0.4 is 0 Å². The van der Waals surface area contributed by atoms with Crippen LogP contribution in [0, 0.1) is 0 Å². The third-order valence-corrected chi connectivity index (χ3v) is 5.45. The molecule has 14 heteroatoms. The lowest BCUT2D eigenvalue weighted by atomic mass is 10.0. The van der Waals surface area contributed by atoms with Gasteiger partial charge in [0.25, 0.3) is 10.4 Å². The summed E-state index contributed by atoms with van der Waals surface area (Å²) in [6.45, 7) is -0.630. The molecule has 0 radical (unpaired) electrons. The number of aliphatic hydroxyl groups is 4. The molecule has 0 aromatic rings. The van der Waals surface area contributed by atoms with Crippen molar-refractivity contribution in [2.24, 2.45) is 5.16 Å². The van der Waals surface area contributed by atoms with Gasteiger partial charge < -0.3 is 29.7 Å². The molecular weight excluding hydrogens is 402 g/mol. The van der Waals surface area contributed by atoms with E-state index in [-0.39, 0.29) is 17.2 Å². The summed E-state index contributed by atoms with van der Waals surface area (Å²) >= 11 is 0.659. The number of aliphatic hydroxyl groups excluding tert-OH is 4. The van der Waals surface area contributed by atoms with Gasteiger partial charge in [-0.2, -0.15) is 8.42 Å². The number of hydrogen-bond donors (Lipinski definition) is 4. The van der Waals surface area contributed by atoms with Crippen molar-refractivity contribution >= 4 is 38.0 Å². The van der Waals surface area contributed by atoms with Gasteiger partial charge in [0, 0.05) is 29.2 Å². The van der Waals surface area contributed by atoms with Crippen molar-refractivity contribution in [1.29, 1.82) is 0 Å². The van der Waals surface area contributed by atoms with Crippen LogP contribution in [-0.4, -0.2) is 91.1 Å². The second kappa shape index (κ2) is 10.1. The van der Waals surface area contributed by atoms with Crippen LogP contribution in [0.25, 0.3) is 0 Å². The lowest BCUT2D eigenvalue weighted by Gasteiger charge is -2.39. The molecule has 0 aromatic heterocycles. The van der Waals surface area contributed by atoms with Crippen molar-refractivity contribution in [3.63, 3.8) is 0 Å². The van der Waals surface area contributed by atoms with E-state index in [4.69, 9.17) is 9.84 Å². The van der Waals surface area contributed by atoms with Gasteiger partial charge in [0.15, 0.2) is 0 Å². The van der Waals surface area contributed by atoms with Gasteiger partial charge in [-0.05, 0) is 6.42 Å². The van der Waals surface area contributed by atoms with Crippen LogP contribution in [0.15, 0.2) is 5.16 Å². The van der Waals surface area contributed by atoms with Gasteiger partial charge in [0.05, 0.1) is 6.61 Å². The van der Waals surface area contributed by atoms with Crippen molar-refractivity contribution in [3.05, 3.63) is 0 Å². The fourth-order valence-corrected chi connectivity index (χ4v) is 3.83. The molecule has 1 saturated heterocycles. The topological polar surface area (TPSA) is 186 Å². The number of thioether (sulfide) groups is 1. The molecule has 11 nitrogen and oxygen atoms in total. The largest absolute Gasteiger partial charge is 0.714 e. The molecule has 1 aliphatic rings. The third-order valence-electron chi connectivity index (χ3n) is 3.15. The average molecular weight is 422 g/mol. The van der Waals surface area contributed by atoms with Gasteiger partial charge in [-0.15, -0.1) is 0 Å². The van der Waals surface area contributed by atoms with E-state index in [1.54, 1.807) is 0 Å². The monoisotopic (exact) mass is 422 g/mol. The van der Waals surface area contributed by atoms with Crippen LogP contribution in [0.2, 0.25) is 0 Å². The Morgan fingerprint density at radius 2 is 1.96 bits per heavy atom. The zero-order valence-electron chi connectivity index (χ0n) is 13.1. The van der Waals surface area contributed by atoms with Gasteiger partial charge in [-0.25, -0.2) is 0 Å². The summed E-state index contributed by atoms with van der Waals surface area (Å²) in [5.74, 6) is 0.276. The number of oxime groups is 1. The number of rotatable bonds is 8. The minimum Gasteiger partial charge on any atom is -0.714 e. The highest BCUT2D eigenvalue weighted by Crippen LogP contribution is 2.30. The number of nitrogens with zero attached hydrogens (tertiary/aromatic N) is 1. The van der Waals surface area contributed by atoms with Gasteiger partial charge in [-0.1, -0.05) is 16.9 Å². The molecule has 1 unspecified atom stereocenters. The van der Waals surface area contributed by atoms with Crippen LogP contribution in [0.3, 0.4) is 0 Å². The van der Waals surface area contributed by atoms with Crippen LogP contribution in [-0.2, 0) is 30.2 Å². The first-order valence-electron chi connectivity index (χ1n) is 7.03. The molecule has 0 aliphatic carbocycles. The predicted molar refractivity (Wildman–Crippen MR) is 87.7 cm³/mol. The maximum atomic E-state index is 11.1. The van der Waals surface area contributed by atoms with E-state index < -0.39 is 57.7 Å². The van der Waals surface area contributed by atoms with E-state index in [0.29, 0.717) is 18.2 Å². The van der Waals surface area contributed by atoms with E-state index in [0.717, 1.165) is 0 Å². The van der Waals surface area contributed by atoms with Crippen LogP contribution in [0.5, 0.6) is 0 Å². The number of hydrogen-bond acceptors (Lipinski definition) is 12. The van der Waals surface area contributed by atoms with E-state index in [9.17, 15) is 32.5 Å². The first kappa shape index (κ1) is 22.7. The Hall–Kier alpha value is -0.320. The first-order chi connectivity index (χ1) is 11.5. The Kier molecular flexibility index (Phi) is 9.20. The fraction of sp³-hybridized carbons (Fsp3) is 0.909. The summed E-state index contributed by atoms with van der Waals surface area (Å²) < 4.78 is 51.8. The third kappa shape index (κ3) is 7.84. The van der Waals surface area contributed by atoms with E-state index in [1.165, 1.54) is 6.26 Å². The highest BCUT2D eigenvalue weighted by atomic mass is 32.3. The van der Waals surface area contributed by atoms with Gasteiger partial charge in [0.1, 0.15) is 34.9 Å². The molecule has 4 N–H and O–H groups in total. The van der Waals surface area contributed by atoms with Crippen LogP contribution in [0.1, 0.15) is 12.8 Å². The van der Waals surface area contributed by atoms with Gasteiger partial charge in [-0.3, -0.25) is 8.49 Å². The van der Waals surface area contributed by atoms with Crippen molar-refractivity contribution < 1.29 is 46.6 Å². The van der Waals surface area contributed by atoms with Crippen LogP contribution >= 0.6 is 11.8 Å². The quantitative estimate of drug-likeness (QED) is 0.106. The minimum absolute atomic E-state index is 0.0609. The summed E-state index contributed by atoms with van der Waals surface area (Å²) in [5, 5.41) is 41.7. The highest BCUT2D eigenvalue weighted by molar-refractivity contribution is 8.14. The maximum Gasteiger partial charge on any atom is 0.284 e. The summed E-state index contributed by atoms with van der Waals surface area (Å²) in [6.07, 6.45) is -4.03. The number of ether oxygens (including phenoxy) is 1. The first-order valence-corrected chi connectivity index (χ1v) is 11.0. The standard InChI is InChI=1S/C11H21NO10S3/c1-24(17)4-2-3-7(12-22-25(18,19)20)23-11-10(16)9(15)8(14)6(5-13)21-11/h6,8-11,13-16H,2-5H2,1H3,(H,18,19,20)/p-1/t6-,8-,9+,10-,11+,24?/m1/s1. The van der Waals surface area contributed by atoms with Gasteiger partial charge >= 0.3 is 0 Å². The zero-order chi connectivity index (χ0) is 19.2. The maximum absolute atomic E-state index is 11.1. The SMILES string of the molecule is CS(=O)CCCC(=NOS(=O)(=O)[O-])S[C@@H]1O[C@H](CO)[C@@H](O)[C@H](O)[C@H]1O. The van der Waals surface area contributed by atoms with E-state index in [2.05, 4.69) is 9.44 Å². The second-order valence-electron chi connectivity index (χ2n) is 5.16. The summed E-state index contributed by atoms with van der Waals surface area (Å²) in [5.41, 5.74) is -1.21. The zero-order valence-corrected chi connectivity index (χ0v) is 15.6. The molecule has 0 saturated carbocycles. The Labute approximate surface area is 151 Å². The smallest absolute Gasteiger partial charge is 0.284 e. The molecule has 1 heterocycles. The molecule has 1 rings (SSSR count). The fourth-order valence-electron chi connectivity index (χ4n) is 1.94. The molecule has 0 bridgehead atoms. The Morgan fingerprint density at radius 1 is 1.32 bits per heavy atom. The molecule has 1 fully saturated rings. The molecule has 0 amide bonds. The lowest BCUT2D eigenvalue weighted by Crippen LogP contribution is -2.57. The van der Waals surface area contributed by atoms with Crippen molar-refractivity contribution in [3.8, 4) is 0 Å².